The Kier molecular flexibility index (Phi) is 7.25. The fourth-order valence-corrected chi connectivity index (χ4v) is 5.43. The molecule has 138 valence electrons. The molecule has 2 atom stereocenters. The van der Waals surface area contributed by atoms with Crippen LogP contribution in [0.15, 0.2) is 12.2 Å². The highest BCUT2D eigenvalue weighted by molar-refractivity contribution is 4.98. The van der Waals surface area contributed by atoms with Crippen LogP contribution in [0.5, 0.6) is 0 Å². The Balaban J connectivity index is 1.32. The van der Waals surface area contributed by atoms with Gasteiger partial charge in [0.1, 0.15) is 0 Å². The first-order chi connectivity index (χ1) is 11.7. The molecule has 24 heavy (non-hydrogen) atoms. The average molecular weight is 333 g/mol. The molecule has 1 heteroatoms. The molecule has 0 aliphatic heterocycles. The number of allylic oxidation sites excluding steroid dienone is 1. The summed E-state index contributed by atoms with van der Waals surface area (Å²) in [5.74, 6) is 4.58. The van der Waals surface area contributed by atoms with E-state index in [0.29, 0.717) is 12.0 Å². The van der Waals surface area contributed by atoms with E-state index >= 15 is 0 Å². The predicted molar refractivity (Wildman–Crippen MR) is 103 cm³/mol. The van der Waals surface area contributed by atoms with Crippen LogP contribution in [0.25, 0.3) is 0 Å². The lowest BCUT2D eigenvalue weighted by Crippen LogP contribution is -2.29. The molecule has 0 spiro atoms. The Morgan fingerprint density at radius 1 is 0.750 bits per heavy atom. The minimum absolute atomic E-state index is 0.561. The Labute approximate surface area is 150 Å². The van der Waals surface area contributed by atoms with Gasteiger partial charge in [-0.15, -0.1) is 0 Å². The molecule has 1 nitrogen and oxygen atoms in total. The van der Waals surface area contributed by atoms with Gasteiger partial charge in [-0.25, -0.2) is 0 Å². The third-order valence-electron chi connectivity index (χ3n) is 7.22. The molecule has 0 bridgehead atoms. The summed E-state index contributed by atoms with van der Waals surface area (Å²) >= 11 is 0. The van der Waals surface area contributed by atoms with E-state index in [2.05, 4.69) is 26.0 Å². The first-order valence-corrected chi connectivity index (χ1v) is 11.0. The van der Waals surface area contributed by atoms with Crippen LogP contribution < -0.4 is 0 Å². The Morgan fingerprint density at radius 2 is 1.33 bits per heavy atom. The fraction of sp³-hybridized carbons (Fsp3) is 0.913. The second kappa shape index (κ2) is 9.41. The van der Waals surface area contributed by atoms with Crippen LogP contribution in [0.1, 0.15) is 90.9 Å². The molecule has 0 aromatic rings. The van der Waals surface area contributed by atoms with Crippen LogP contribution in [-0.2, 0) is 4.74 Å². The fourth-order valence-electron chi connectivity index (χ4n) is 5.43. The molecular weight excluding hydrogens is 292 g/mol. The van der Waals surface area contributed by atoms with E-state index in [1.165, 1.54) is 77.0 Å². The summed E-state index contributed by atoms with van der Waals surface area (Å²) in [4.78, 5) is 0. The van der Waals surface area contributed by atoms with Gasteiger partial charge in [-0.3, -0.25) is 0 Å². The summed E-state index contributed by atoms with van der Waals surface area (Å²) in [5.41, 5.74) is 0. The maximum atomic E-state index is 6.32. The monoisotopic (exact) mass is 332 g/mol. The van der Waals surface area contributed by atoms with Gasteiger partial charge in [0.25, 0.3) is 0 Å². The van der Waals surface area contributed by atoms with Gasteiger partial charge in [0.05, 0.1) is 12.7 Å². The van der Waals surface area contributed by atoms with Gasteiger partial charge in [0, 0.05) is 5.92 Å². The molecule has 0 radical (unpaired) electrons. The Hall–Kier alpha value is -0.300. The van der Waals surface area contributed by atoms with Crippen LogP contribution >= 0.6 is 0 Å². The lowest BCUT2D eigenvalue weighted by molar-refractivity contribution is -0.00535. The number of hydrogen-bond donors (Lipinski definition) is 0. The van der Waals surface area contributed by atoms with E-state index in [1.807, 2.05) is 0 Å². The first kappa shape index (κ1) is 18.5. The number of ether oxygens (including phenoxy) is 1. The first-order valence-electron chi connectivity index (χ1n) is 11.0. The zero-order valence-corrected chi connectivity index (χ0v) is 16.2. The molecule has 0 amide bonds. The van der Waals surface area contributed by atoms with Crippen molar-refractivity contribution in [2.24, 2.45) is 29.6 Å². The van der Waals surface area contributed by atoms with Crippen molar-refractivity contribution in [3.63, 3.8) is 0 Å². The highest BCUT2D eigenvalue weighted by Crippen LogP contribution is 2.40. The summed E-state index contributed by atoms with van der Waals surface area (Å²) in [6.07, 6.45) is 22.4. The van der Waals surface area contributed by atoms with Crippen molar-refractivity contribution in [3.8, 4) is 0 Å². The molecule has 2 saturated carbocycles. The van der Waals surface area contributed by atoms with Gasteiger partial charge in [-0.05, 0) is 81.5 Å². The van der Waals surface area contributed by atoms with Crippen LogP contribution in [0.2, 0.25) is 0 Å². The van der Waals surface area contributed by atoms with Gasteiger partial charge in [0.15, 0.2) is 0 Å². The zero-order chi connectivity index (χ0) is 16.8. The standard InChI is InChI=1S/C23H40O/c1-3-4-19-7-9-20(10-8-19)17-24-23-15-13-22(14-16-23)21-11-5-18(2)6-12-21/h7,9,18-23H,3-6,8,10-17H2,1-2H3. The van der Waals surface area contributed by atoms with Crippen molar-refractivity contribution in [1.82, 2.24) is 0 Å². The maximum absolute atomic E-state index is 6.32. The van der Waals surface area contributed by atoms with Gasteiger partial charge >= 0.3 is 0 Å². The Morgan fingerprint density at radius 3 is 1.92 bits per heavy atom. The molecule has 0 saturated heterocycles. The van der Waals surface area contributed by atoms with Gasteiger partial charge < -0.3 is 4.74 Å². The lowest BCUT2D eigenvalue weighted by Gasteiger charge is -2.37. The summed E-state index contributed by atoms with van der Waals surface area (Å²) in [5, 5.41) is 0. The lowest BCUT2D eigenvalue weighted by atomic mass is 9.71. The quantitative estimate of drug-likeness (QED) is 0.488. The number of hydrogen-bond acceptors (Lipinski definition) is 1. The van der Waals surface area contributed by atoms with E-state index in [1.54, 1.807) is 0 Å². The molecule has 0 heterocycles. The van der Waals surface area contributed by atoms with E-state index in [-0.39, 0.29) is 0 Å². The molecule has 2 fully saturated rings. The topological polar surface area (TPSA) is 9.23 Å². The molecular formula is C23H40O. The largest absolute Gasteiger partial charge is 0.378 e. The van der Waals surface area contributed by atoms with Crippen LogP contribution in [0.4, 0.5) is 0 Å². The van der Waals surface area contributed by atoms with E-state index in [4.69, 9.17) is 4.74 Å². The normalized spacial score (nSPS) is 40.6. The third-order valence-corrected chi connectivity index (χ3v) is 7.22. The molecule has 3 aliphatic rings. The van der Waals surface area contributed by atoms with E-state index in [9.17, 15) is 0 Å². The molecule has 0 aromatic heterocycles. The minimum Gasteiger partial charge on any atom is -0.378 e. The van der Waals surface area contributed by atoms with Crippen molar-refractivity contribution in [3.05, 3.63) is 12.2 Å². The van der Waals surface area contributed by atoms with Gasteiger partial charge in [-0.1, -0.05) is 45.3 Å². The van der Waals surface area contributed by atoms with Crippen molar-refractivity contribution in [2.75, 3.05) is 6.61 Å². The second-order valence-corrected chi connectivity index (χ2v) is 9.16. The van der Waals surface area contributed by atoms with E-state index < -0.39 is 0 Å². The van der Waals surface area contributed by atoms with Crippen molar-refractivity contribution in [1.29, 1.82) is 0 Å². The molecule has 3 aliphatic carbocycles. The van der Waals surface area contributed by atoms with Crippen molar-refractivity contribution in [2.45, 2.75) is 97.0 Å². The van der Waals surface area contributed by atoms with E-state index in [0.717, 1.165) is 30.3 Å². The third kappa shape index (κ3) is 5.35. The second-order valence-electron chi connectivity index (χ2n) is 9.16. The van der Waals surface area contributed by atoms with Crippen molar-refractivity contribution < 1.29 is 4.74 Å². The SMILES string of the molecule is CCCC1C=CC(COC2CCC(C3CCC(C)CC3)CC2)CC1. The predicted octanol–water partition coefficient (Wildman–Crippen LogP) is 6.77. The van der Waals surface area contributed by atoms with Crippen LogP contribution in [0, 0.1) is 29.6 Å². The summed E-state index contributed by atoms with van der Waals surface area (Å²) < 4.78 is 6.32. The molecule has 0 N–H and O–H groups in total. The zero-order valence-electron chi connectivity index (χ0n) is 16.2. The van der Waals surface area contributed by atoms with Gasteiger partial charge in [-0.2, -0.15) is 0 Å². The maximum Gasteiger partial charge on any atom is 0.0575 e. The number of rotatable bonds is 6. The summed E-state index contributed by atoms with van der Waals surface area (Å²) in [6, 6.07) is 0. The summed E-state index contributed by atoms with van der Waals surface area (Å²) in [7, 11) is 0. The highest BCUT2D eigenvalue weighted by Gasteiger charge is 2.30. The molecule has 2 unspecified atom stereocenters. The average Bonchev–Trinajstić information content (AvgIpc) is 2.63. The summed E-state index contributed by atoms with van der Waals surface area (Å²) in [6.45, 7) is 5.71. The molecule has 3 rings (SSSR count). The van der Waals surface area contributed by atoms with Crippen molar-refractivity contribution >= 4 is 0 Å². The highest BCUT2D eigenvalue weighted by atomic mass is 16.5. The van der Waals surface area contributed by atoms with Crippen LogP contribution in [0.3, 0.4) is 0 Å². The van der Waals surface area contributed by atoms with Gasteiger partial charge in [0.2, 0.25) is 0 Å². The Bertz CT molecular complexity index is 371. The smallest absolute Gasteiger partial charge is 0.0575 e. The van der Waals surface area contributed by atoms with Crippen LogP contribution in [-0.4, -0.2) is 12.7 Å². The molecule has 0 aromatic carbocycles. The minimum atomic E-state index is 0.561.